The molecule has 3 N–H and O–H groups in total. The zero-order valence-electron chi connectivity index (χ0n) is 18.0. The Morgan fingerprint density at radius 3 is 2.53 bits per heavy atom. The highest BCUT2D eigenvalue weighted by atomic mass is 16.5. The van der Waals surface area contributed by atoms with E-state index >= 15 is 0 Å². The first-order valence-corrected chi connectivity index (χ1v) is 10.4. The molecule has 0 unspecified atom stereocenters. The number of carbonyl (C=O) groups is 2. The van der Waals surface area contributed by atoms with E-state index in [1.165, 1.54) is 0 Å². The van der Waals surface area contributed by atoms with Gasteiger partial charge in [0, 0.05) is 17.7 Å². The number of aromatic amines is 1. The molecule has 9 heteroatoms. The summed E-state index contributed by atoms with van der Waals surface area (Å²) in [4.78, 5) is 28.7. The van der Waals surface area contributed by atoms with Crippen molar-refractivity contribution in [1.29, 1.82) is 5.26 Å². The van der Waals surface area contributed by atoms with Crippen LogP contribution in [0.2, 0.25) is 0 Å². The molecule has 168 valence electrons. The lowest BCUT2D eigenvalue weighted by Gasteiger charge is -2.08. The molecule has 9 nitrogen and oxygen atoms in total. The second-order valence-electron chi connectivity index (χ2n) is 7.27. The van der Waals surface area contributed by atoms with Crippen LogP contribution in [0, 0.1) is 11.3 Å². The monoisotopic (exact) mass is 452 g/mol. The van der Waals surface area contributed by atoms with Crippen LogP contribution in [0.15, 0.2) is 78.9 Å². The van der Waals surface area contributed by atoms with E-state index in [-0.39, 0.29) is 25.0 Å². The third-order valence-corrected chi connectivity index (χ3v) is 4.84. The van der Waals surface area contributed by atoms with Crippen LogP contribution in [0.4, 0.5) is 10.7 Å². The van der Waals surface area contributed by atoms with E-state index in [1.807, 2.05) is 30.3 Å². The number of carbonyl (C=O) groups excluding carboxylic acids is 2. The highest BCUT2D eigenvalue weighted by molar-refractivity contribution is 6.03. The number of amides is 2. The van der Waals surface area contributed by atoms with Gasteiger partial charge < -0.3 is 10.1 Å². The Balaban J connectivity index is 1.28. The number of benzene rings is 3. The van der Waals surface area contributed by atoms with Crippen LogP contribution in [-0.4, -0.2) is 27.2 Å². The molecule has 0 bridgehead atoms. The minimum absolute atomic E-state index is 0.120. The Morgan fingerprint density at radius 1 is 0.971 bits per heavy atom. The molecule has 0 aliphatic heterocycles. The molecule has 0 saturated carbocycles. The topological polar surface area (TPSA) is 133 Å². The molecule has 4 rings (SSSR count). The molecule has 0 fully saturated rings. The number of aromatic nitrogens is 3. The normalized spacial score (nSPS) is 10.2. The fraction of sp³-hybridized carbons (Fsp3) is 0.0800. The lowest BCUT2D eigenvalue weighted by Crippen LogP contribution is -2.23. The van der Waals surface area contributed by atoms with E-state index in [1.54, 1.807) is 48.5 Å². The molecule has 1 heterocycles. The molecule has 2 amide bonds. The van der Waals surface area contributed by atoms with Crippen LogP contribution in [0.5, 0.6) is 0 Å². The lowest BCUT2D eigenvalue weighted by molar-refractivity contribution is 0.102. The summed E-state index contributed by atoms with van der Waals surface area (Å²) in [5, 5.41) is 21.1. The zero-order chi connectivity index (χ0) is 23.8. The third-order valence-electron chi connectivity index (χ3n) is 4.84. The first-order chi connectivity index (χ1) is 16.6. The van der Waals surface area contributed by atoms with E-state index in [2.05, 4.69) is 31.9 Å². The Hall–Kier alpha value is -4.97. The molecule has 0 spiro atoms. The Morgan fingerprint density at radius 2 is 1.76 bits per heavy atom. The summed E-state index contributed by atoms with van der Waals surface area (Å²) >= 11 is 0. The summed E-state index contributed by atoms with van der Waals surface area (Å²) in [6, 6.07) is 25.1. The maximum atomic E-state index is 12.5. The van der Waals surface area contributed by atoms with Gasteiger partial charge in [0.25, 0.3) is 5.91 Å². The van der Waals surface area contributed by atoms with Gasteiger partial charge in [-0.2, -0.15) is 10.2 Å². The molecule has 4 aromatic rings. The Labute approximate surface area is 195 Å². The Bertz CT molecular complexity index is 1330. The SMILES string of the molecule is N#Cc1cccc(-c2nc(NC(=O)c3ccc(CNC(=O)OCc4ccccc4)cc3)n[nH]2)c1. The maximum Gasteiger partial charge on any atom is 0.407 e. The molecule has 0 aliphatic rings. The van der Waals surface area contributed by atoms with Crippen molar-refractivity contribution in [2.45, 2.75) is 13.2 Å². The van der Waals surface area contributed by atoms with Crippen molar-refractivity contribution in [3.05, 3.63) is 101 Å². The van der Waals surface area contributed by atoms with E-state index in [9.17, 15) is 9.59 Å². The molecule has 1 aromatic heterocycles. The average Bonchev–Trinajstić information content (AvgIpc) is 3.35. The molecule has 34 heavy (non-hydrogen) atoms. The predicted octanol–water partition coefficient (Wildman–Crippen LogP) is 4.02. The van der Waals surface area contributed by atoms with Gasteiger partial charge in [-0.3, -0.25) is 15.2 Å². The van der Waals surface area contributed by atoms with Gasteiger partial charge in [0.05, 0.1) is 11.6 Å². The number of hydrogen-bond acceptors (Lipinski definition) is 6. The van der Waals surface area contributed by atoms with Gasteiger partial charge in [0.1, 0.15) is 6.61 Å². The van der Waals surface area contributed by atoms with E-state index in [0.717, 1.165) is 11.1 Å². The molecular formula is C25H20N6O3. The van der Waals surface area contributed by atoms with Crippen LogP contribution in [0.1, 0.15) is 27.0 Å². The number of anilines is 1. The number of nitriles is 1. The van der Waals surface area contributed by atoms with Crippen molar-refractivity contribution in [1.82, 2.24) is 20.5 Å². The fourth-order valence-electron chi connectivity index (χ4n) is 3.08. The van der Waals surface area contributed by atoms with E-state index < -0.39 is 6.09 Å². The van der Waals surface area contributed by atoms with E-state index in [4.69, 9.17) is 10.00 Å². The minimum Gasteiger partial charge on any atom is -0.445 e. The first-order valence-electron chi connectivity index (χ1n) is 10.4. The first kappa shape index (κ1) is 22.2. The van der Waals surface area contributed by atoms with Crippen LogP contribution in [0.25, 0.3) is 11.4 Å². The standard InChI is InChI=1S/C25H20N6O3/c26-14-19-7-4-8-21(13-19)22-28-24(31-30-22)29-23(32)20-11-9-17(10-12-20)15-27-25(33)34-16-18-5-2-1-3-6-18/h1-13H,15-16H2,(H,27,33)(H2,28,29,30,31,32). The smallest absolute Gasteiger partial charge is 0.407 e. The van der Waals surface area contributed by atoms with Gasteiger partial charge in [-0.25, -0.2) is 4.79 Å². The maximum absolute atomic E-state index is 12.5. The van der Waals surface area contributed by atoms with Crippen LogP contribution in [-0.2, 0) is 17.9 Å². The quantitative estimate of drug-likeness (QED) is 0.388. The van der Waals surface area contributed by atoms with Gasteiger partial charge in [-0.15, -0.1) is 5.10 Å². The second-order valence-corrected chi connectivity index (χ2v) is 7.27. The number of nitrogens with one attached hydrogen (secondary N) is 3. The summed E-state index contributed by atoms with van der Waals surface area (Å²) < 4.78 is 5.18. The largest absolute Gasteiger partial charge is 0.445 e. The molecule has 0 aliphatic carbocycles. The molecule has 0 saturated heterocycles. The lowest BCUT2D eigenvalue weighted by atomic mass is 10.1. The van der Waals surface area contributed by atoms with Gasteiger partial charge in [0.2, 0.25) is 5.95 Å². The zero-order valence-corrected chi connectivity index (χ0v) is 18.0. The summed E-state index contributed by atoms with van der Waals surface area (Å²) in [6.07, 6.45) is -0.522. The summed E-state index contributed by atoms with van der Waals surface area (Å²) in [5.74, 6) is 0.181. The van der Waals surface area contributed by atoms with Crippen LogP contribution in [0.3, 0.4) is 0 Å². The van der Waals surface area contributed by atoms with Gasteiger partial charge in [-0.1, -0.05) is 54.6 Å². The second kappa shape index (κ2) is 10.6. The number of alkyl carbamates (subject to hydrolysis) is 1. The summed E-state index contributed by atoms with van der Waals surface area (Å²) in [5.41, 5.74) is 3.31. The van der Waals surface area contributed by atoms with E-state index in [0.29, 0.717) is 22.5 Å². The minimum atomic E-state index is -0.522. The summed E-state index contributed by atoms with van der Waals surface area (Å²) in [6.45, 7) is 0.458. The van der Waals surface area contributed by atoms with Crippen molar-refractivity contribution in [3.63, 3.8) is 0 Å². The van der Waals surface area contributed by atoms with Crippen LogP contribution >= 0.6 is 0 Å². The molecular weight excluding hydrogens is 432 g/mol. The predicted molar refractivity (Wildman–Crippen MR) is 124 cm³/mol. The number of ether oxygens (including phenoxy) is 1. The van der Waals surface area contributed by atoms with Crippen LogP contribution < -0.4 is 10.6 Å². The van der Waals surface area contributed by atoms with Crippen molar-refractivity contribution < 1.29 is 14.3 Å². The molecule has 0 atom stereocenters. The molecule has 0 radical (unpaired) electrons. The van der Waals surface area contributed by atoms with Crippen molar-refractivity contribution in [2.75, 3.05) is 5.32 Å². The number of nitrogens with zero attached hydrogens (tertiary/aromatic N) is 3. The third kappa shape index (κ3) is 5.83. The van der Waals surface area contributed by atoms with Gasteiger partial charge >= 0.3 is 6.09 Å². The average molecular weight is 452 g/mol. The number of hydrogen-bond donors (Lipinski definition) is 3. The fourth-order valence-corrected chi connectivity index (χ4v) is 3.08. The van der Waals surface area contributed by atoms with Crippen molar-refractivity contribution in [2.24, 2.45) is 0 Å². The summed E-state index contributed by atoms with van der Waals surface area (Å²) in [7, 11) is 0. The van der Waals surface area contributed by atoms with Crippen molar-refractivity contribution >= 4 is 17.9 Å². The molecule has 3 aromatic carbocycles. The highest BCUT2D eigenvalue weighted by Crippen LogP contribution is 2.17. The number of H-pyrrole nitrogens is 1. The van der Waals surface area contributed by atoms with Gasteiger partial charge in [0.15, 0.2) is 5.82 Å². The Kier molecular flexibility index (Phi) is 6.91. The van der Waals surface area contributed by atoms with Gasteiger partial charge in [-0.05, 0) is 35.4 Å². The van der Waals surface area contributed by atoms with Crippen molar-refractivity contribution in [3.8, 4) is 17.5 Å². The highest BCUT2D eigenvalue weighted by Gasteiger charge is 2.12. The number of rotatable bonds is 7.